The Kier molecular flexibility index (Phi) is 4.83. The van der Waals surface area contributed by atoms with E-state index in [1.807, 2.05) is 0 Å². The zero-order valence-corrected chi connectivity index (χ0v) is 13.2. The Balaban J connectivity index is 2.73. The second kappa shape index (κ2) is 5.70. The van der Waals surface area contributed by atoms with Crippen LogP contribution in [0.15, 0.2) is 0 Å². The molecule has 1 atom stereocenters. The smallest absolute Gasteiger partial charge is 0.236 e. The standard InChI is InChI=1S/C15H24BNO3/c1-10(2)14(3,4)9-15(5,16)8-13(20)17-11(18)6-7-12(17)19/h10H,6-9H2,1-5H3. The lowest BCUT2D eigenvalue weighted by atomic mass is 9.58. The normalized spacial score (nSPS) is 19.6. The van der Waals surface area contributed by atoms with Gasteiger partial charge in [0, 0.05) is 19.3 Å². The van der Waals surface area contributed by atoms with Gasteiger partial charge in [0.05, 0.1) is 7.85 Å². The molecule has 1 aliphatic rings. The molecule has 0 N–H and O–H groups in total. The van der Waals surface area contributed by atoms with E-state index in [1.54, 1.807) is 6.92 Å². The van der Waals surface area contributed by atoms with Crippen LogP contribution in [0.1, 0.15) is 60.3 Å². The van der Waals surface area contributed by atoms with E-state index in [2.05, 4.69) is 27.7 Å². The van der Waals surface area contributed by atoms with E-state index in [4.69, 9.17) is 7.85 Å². The Morgan fingerprint density at radius 1 is 1.20 bits per heavy atom. The molecule has 0 aromatic rings. The highest BCUT2D eigenvalue weighted by molar-refractivity contribution is 6.20. The van der Waals surface area contributed by atoms with Crippen molar-refractivity contribution in [1.29, 1.82) is 0 Å². The zero-order chi connectivity index (χ0) is 15.7. The van der Waals surface area contributed by atoms with Crippen molar-refractivity contribution < 1.29 is 14.4 Å². The van der Waals surface area contributed by atoms with Crippen LogP contribution in [0.4, 0.5) is 0 Å². The van der Waals surface area contributed by atoms with E-state index in [9.17, 15) is 14.4 Å². The fourth-order valence-electron chi connectivity index (χ4n) is 2.59. The van der Waals surface area contributed by atoms with Crippen molar-refractivity contribution >= 4 is 25.6 Å². The summed E-state index contributed by atoms with van der Waals surface area (Å²) in [5.74, 6) is -0.851. The summed E-state index contributed by atoms with van der Waals surface area (Å²) in [6.07, 6.45) is 0.924. The molecule has 1 heterocycles. The van der Waals surface area contributed by atoms with Crippen LogP contribution in [0.5, 0.6) is 0 Å². The Labute approximate surface area is 122 Å². The van der Waals surface area contributed by atoms with E-state index >= 15 is 0 Å². The molecule has 0 saturated carbocycles. The predicted molar refractivity (Wildman–Crippen MR) is 78.1 cm³/mol. The van der Waals surface area contributed by atoms with Gasteiger partial charge in [0.15, 0.2) is 0 Å². The molecule has 110 valence electrons. The molecule has 2 radical (unpaired) electrons. The van der Waals surface area contributed by atoms with Gasteiger partial charge in [-0.2, -0.15) is 0 Å². The number of hydrogen-bond donors (Lipinski definition) is 0. The number of nitrogens with zero attached hydrogens (tertiary/aromatic N) is 1. The molecular formula is C15H24BNO3. The van der Waals surface area contributed by atoms with Gasteiger partial charge in [-0.3, -0.25) is 14.4 Å². The molecule has 0 aliphatic carbocycles. The van der Waals surface area contributed by atoms with E-state index in [0.29, 0.717) is 12.3 Å². The molecule has 1 unspecified atom stereocenters. The van der Waals surface area contributed by atoms with Gasteiger partial charge >= 0.3 is 0 Å². The first kappa shape index (κ1) is 16.9. The fourth-order valence-corrected chi connectivity index (χ4v) is 2.59. The number of carbonyl (C=O) groups is 3. The Morgan fingerprint density at radius 3 is 2.05 bits per heavy atom. The molecule has 1 aliphatic heterocycles. The zero-order valence-electron chi connectivity index (χ0n) is 13.2. The number of rotatable bonds is 5. The van der Waals surface area contributed by atoms with Crippen molar-refractivity contribution in [3.8, 4) is 0 Å². The van der Waals surface area contributed by atoms with Crippen LogP contribution in [0.25, 0.3) is 0 Å². The summed E-state index contributed by atoms with van der Waals surface area (Å²) in [6, 6.07) is 0. The lowest BCUT2D eigenvalue weighted by Crippen LogP contribution is -2.38. The van der Waals surface area contributed by atoms with Crippen LogP contribution in [-0.2, 0) is 14.4 Å². The van der Waals surface area contributed by atoms with Crippen molar-refractivity contribution in [2.75, 3.05) is 0 Å². The van der Waals surface area contributed by atoms with E-state index in [1.165, 1.54) is 0 Å². The van der Waals surface area contributed by atoms with Gasteiger partial charge < -0.3 is 0 Å². The molecule has 5 heteroatoms. The molecule has 20 heavy (non-hydrogen) atoms. The SMILES string of the molecule is [B]C(C)(CC(=O)N1C(=O)CCC1=O)CC(C)(C)C(C)C. The first-order valence-corrected chi connectivity index (χ1v) is 7.14. The average Bonchev–Trinajstić information content (AvgIpc) is 2.55. The van der Waals surface area contributed by atoms with E-state index in [0.717, 1.165) is 4.90 Å². The van der Waals surface area contributed by atoms with Crippen LogP contribution >= 0.6 is 0 Å². The summed E-state index contributed by atoms with van der Waals surface area (Å²) in [4.78, 5) is 36.0. The summed E-state index contributed by atoms with van der Waals surface area (Å²) >= 11 is 0. The van der Waals surface area contributed by atoms with Crippen molar-refractivity contribution in [2.24, 2.45) is 11.3 Å². The fraction of sp³-hybridized carbons (Fsp3) is 0.800. The van der Waals surface area contributed by atoms with Gasteiger partial charge in [0.1, 0.15) is 0 Å². The second-order valence-electron chi connectivity index (χ2n) is 7.17. The summed E-state index contributed by atoms with van der Waals surface area (Å²) in [5, 5.41) is -0.728. The second-order valence-corrected chi connectivity index (χ2v) is 7.17. The molecule has 4 nitrogen and oxygen atoms in total. The Morgan fingerprint density at radius 2 is 1.65 bits per heavy atom. The van der Waals surface area contributed by atoms with Crippen LogP contribution in [0, 0.1) is 11.3 Å². The minimum atomic E-state index is -0.728. The maximum absolute atomic E-state index is 12.1. The van der Waals surface area contributed by atoms with Gasteiger partial charge in [-0.25, -0.2) is 4.90 Å². The Hall–Kier alpha value is -1.13. The average molecular weight is 277 g/mol. The maximum atomic E-state index is 12.1. The van der Waals surface area contributed by atoms with Crippen LogP contribution in [0.2, 0.25) is 5.31 Å². The molecule has 0 bridgehead atoms. The number of carbonyl (C=O) groups excluding carboxylic acids is 3. The summed E-state index contributed by atoms with van der Waals surface area (Å²) in [7, 11) is 6.23. The van der Waals surface area contributed by atoms with Gasteiger partial charge in [0.2, 0.25) is 17.7 Å². The molecular weight excluding hydrogens is 253 g/mol. The van der Waals surface area contributed by atoms with Gasteiger partial charge in [-0.05, 0) is 17.8 Å². The highest BCUT2D eigenvalue weighted by atomic mass is 16.2. The quantitative estimate of drug-likeness (QED) is 0.573. The summed E-state index contributed by atoms with van der Waals surface area (Å²) < 4.78 is 0. The van der Waals surface area contributed by atoms with Gasteiger partial charge in [0.25, 0.3) is 0 Å². The molecule has 3 amide bonds. The van der Waals surface area contributed by atoms with Crippen molar-refractivity contribution in [2.45, 2.75) is 65.6 Å². The van der Waals surface area contributed by atoms with Crippen molar-refractivity contribution in [1.82, 2.24) is 4.90 Å². The van der Waals surface area contributed by atoms with Crippen molar-refractivity contribution in [3.05, 3.63) is 0 Å². The number of likely N-dealkylation sites (tertiary alicyclic amines) is 1. The molecule has 0 aromatic carbocycles. The highest BCUT2D eigenvalue weighted by Crippen LogP contribution is 2.44. The third-order valence-electron chi connectivity index (χ3n) is 4.28. The third kappa shape index (κ3) is 3.93. The maximum Gasteiger partial charge on any atom is 0.236 e. The minimum Gasteiger partial charge on any atom is -0.274 e. The van der Waals surface area contributed by atoms with E-state index < -0.39 is 23.0 Å². The highest BCUT2D eigenvalue weighted by Gasteiger charge is 2.38. The van der Waals surface area contributed by atoms with Gasteiger partial charge in [-0.1, -0.05) is 39.9 Å². The first-order valence-electron chi connectivity index (χ1n) is 7.14. The molecule has 0 aromatic heterocycles. The lowest BCUT2D eigenvalue weighted by molar-refractivity contribution is -0.149. The summed E-state index contributed by atoms with van der Waals surface area (Å²) in [5.41, 5.74) is -0.0111. The lowest BCUT2D eigenvalue weighted by Gasteiger charge is -2.38. The number of imide groups is 3. The first-order chi connectivity index (χ1) is 8.96. The monoisotopic (exact) mass is 277 g/mol. The van der Waals surface area contributed by atoms with Crippen LogP contribution < -0.4 is 0 Å². The van der Waals surface area contributed by atoms with Crippen molar-refractivity contribution in [3.63, 3.8) is 0 Å². The minimum absolute atomic E-state index is 0.0111. The van der Waals surface area contributed by atoms with Crippen LogP contribution in [0.3, 0.4) is 0 Å². The molecule has 0 spiro atoms. The van der Waals surface area contributed by atoms with E-state index in [-0.39, 0.29) is 24.7 Å². The third-order valence-corrected chi connectivity index (χ3v) is 4.28. The topological polar surface area (TPSA) is 54.5 Å². The molecule has 1 fully saturated rings. The number of amides is 3. The van der Waals surface area contributed by atoms with Crippen LogP contribution in [-0.4, -0.2) is 30.5 Å². The summed E-state index contributed by atoms with van der Waals surface area (Å²) in [6.45, 7) is 10.3. The molecule has 1 saturated heterocycles. The number of hydrogen-bond acceptors (Lipinski definition) is 3. The van der Waals surface area contributed by atoms with Gasteiger partial charge in [-0.15, -0.1) is 0 Å². The predicted octanol–water partition coefficient (Wildman–Crippen LogP) is 2.47. The Bertz CT molecular complexity index is 411. The largest absolute Gasteiger partial charge is 0.274 e. The molecule has 1 rings (SSSR count).